The maximum absolute atomic E-state index is 12.8. The molecule has 3 N–H and O–H groups in total. The number of ether oxygens (including phenoxy) is 1. The van der Waals surface area contributed by atoms with Crippen LogP contribution in [0.1, 0.15) is 5.56 Å². The van der Waals surface area contributed by atoms with E-state index in [1.165, 1.54) is 25.3 Å². The van der Waals surface area contributed by atoms with Gasteiger partial charge in [-0.15, -0.1) is 0 Å². The molecule has 1 atom stereocenters. The topological polar surface area (TPSA) is 106 Å². The van der Waals surface area contributed by atoms with Gasteiger partial charge in [-0.2, -0.15) is 0 Å². The molecule has 8 nitrogen and oxygen atoms in total. The van der Waals surface area contributed by atoms with Crippen molar-refractivity contribution in [3.8, 4) is 5.75 Å². The zero-order valence-corrected chi connectivity index (χ0v) is 20.8. The van der Waals surface area contributed by atoms with Gasteiger partial charge in [0.15, 0.2) is 5.11 Å². The lowest BCUT2D eigenvalue weighted by Crippen LogP contribution is -2.56. The average molecular weight is 542 g/mol. The lowest BCUT2D eigenvalue weighted by Gasteiger charge is -2.28. The van der Waals surface area contributed by atoms with Crippen molar-refractivity contribution in [2.45, 2.75) is 16.4 Å². The number of halogens is 3. The van der Waals surface area contributed by atoms with Gasteiger partial charge in [0, 0.05) is 0 Å². The third-order valence-electron chi connectivity index (χ3n) is 4.79. The molecule has 0 aliphatic heterocycles. The number of thiocarbonyl (C=S) groups is 1. The number of benzene rings is 3. The highest BCUT2D eigenvalue weighted by Crippen LogP contribution is 2.31. The first-order chi connectivity index (χ1) is 16.1. The third kappa shape index (κ3) is 6.60. The van der Waals surface area contributed by atoms with Crippen LogP contribution < -0.4 is 20.7 Å². The maximum Gasteiger partial charge on any atom is 0.296 e. The van der Waals surface area contributed by atoms with Gasteiger partial charge in [0.1, 0.15) is 17.6 Å². The molecular formula is C22H19Cl3N4O4S. The Balaban J connectivity index is 1.72. The van der Waals surface area contributed by atoms with Crippen molar-refractivity contribution in [2.24, 2.45) is 0 Å². The molecule has 0 aliphatic rings. The van der Waals surface area contributed by atoms with Gasteiger partial charge in [0.05, 0.1) is 24.5 Å². The molecule has 34 heavy (non-hydrogen) atoms. The second kappa shape index (κ2) is 11.1. The Morgan fingerprint density at radius 2 is 1.82 bits per heavy atom. The first-order valence-corrected chi connectivity index (χ1v) is 11.4. The molecule has 0 saturated carbocycles. The Bertz CT molecular complexity index is 1230. The fourth-order valence-electron chi connectivity index (χ4n) is 3.22. The summed E-state index contributed by atoms with van der Waals surface area (Å²) in [6.45, 7) is 0. The molecule has 12 heteroatoms. The number of nitrogens with zero attached hydrogens (tertiary/aromatic N) is 1. The van der Waals surface area contributed by atoms with Crippen molar-refractivity contribution in [2.75, 3.05) is 12.4 Å². The van der Waals surface area contributed by atoms with E-state index in [-0.39, 0.29) is 22.9 Å². The quantitative estimate of drug-likeness (QED) is 0.126. The minimum Gasteiger partial charge on any atom is -0.496 e. The molecular weight excluding hydrogens is 523 g/mol. The largest absolute Gasteiger partial charge is 0.496 e. The van der Waals surface area contributed by atoms with Crippen LogP contribution >= 0.6 is 47.0 Å². The number of amides is 1. The van der Waals surface area contributed by atoms with E-state index in [1.54, 1.807) is 0 Å². The van der Waals surface area contributed by atoms with E-state index in [4.69, 9.17) is 51.8 Å². The predicted molar refractivity (Wildman–Crippen MR) is 139 cm³/mol. The van der Waals surface area contributed by atoms with Gasteiger partial charge in [0.25, 0.3) is 5.69 Å². The van der Waals surface area contributed by atoms with Gasteiger partial charge in [-0.3, -0.25) is 14.9 Å². The second-order valence-corrected chi connectivity index (χ2v) is 9.87. The summed E-state index contributed by atoms with van der Waals surface area (Å²) in [6, 6.07) is 17.5. The average Bonchev–Trinajstić information content (AvgIpc) is 2.78. The molecule has 0 fully saturated rings. The SMILES string of the molecule is COc1ccc(NC(=S)N[C@@H](NC(=O)Cc2cccc3ccccc23)C(Cl)(Cl)Cl)c([N+](=O)[O-])c1. The molecule has 1 amide bonds. The van der Waals surface area contributed by atoms with E-state index >= 15 is 0 Å². The lowest BCUT2D eigenvalue weighted by molar-refractivity contribution is -0.384. The summed E-state index contributed by atoms with van der Waals surface area (Å²) >= 11 is 23.4. The predicted octanol–water partition coefficient (Wildman–Crippen LogP) is 5.10. The Hall–Kier alpha value is -2.85. The van der Waals surface area contributed by atoms with Gasteiger partial charge in [-0.25, -0.2) is 0 Å². The number of alkyl halides is 3. The fourth-order valence-corrected chi connectivity index (χ4v) is 3.77. The summed E-state index contributed by atoms with van der Waals surface area (Å²) in [5.74, 6) is -0.116. The van der Waals surface area contributed by atoms with Crippen LogP contribution in [0.5, 0.6) is 5.75 Å². The molecule has 0 unspecified atom stereocenters. The number of carbonyl (C=O) groups is 1. The summed E-state index contributed by atoms with van der Waals surface area (Å²) in [7, 11) is 1.39. The van der Waals surface area contributed by atoms with Crippen LogP contribution in [-0.2, 0) is 11.2 Å². The monoisotopic (exact) mass is 540 g/mol. The van der Waals surface area contributed by atoms with E-state index < -0.39 is 20.8 Å². The minimum absolute atomic E-state index is 0.0322. The summed E-state index contributed by atoms with van der Waals surface area (Å²) < 4.78 is 3.03. The van der Waals surface area contributed by atoms with Gasteiger partial charge in [-0.05, 0) is 40.7 Å². The van der Waals surface area contributed by atoms with Gasteiger partial charge in [0.2, 0.25) is 9.70 Å². The number of hydrogen-bond acceptors (Lipinski definition) is 5. The first-order valence-electron chi connectivity index (χ1n) is 9.81. The summed E-state index contributed by atoms with van der Waals surface area (Å²) in [4.78, 5) is 23.6. The van der Waals surface area contributed by atoms with Crippen LogP contribution in [0.3, 0.4) is 0 Å². The summed E-state index contributed by atoms with van der Waals surface area (Å²) in [6.07, 6.45) is -1.19. The summed E-state index contributed by atoms with van der Waals surface area (Å²) in [5, 5.41) is 21.2. The van der Waals surface area contributed by atoms with Gasteiger partial charge >= 0.3 is 0 Å². The molecule has 0 aromatic heterocycles. The number of hydrogen-bond donors (Lipinski definition) is 3. The Morgan fingerprint density at radius 1 is 1.12 bits per heavy atom. The van der Waals surface area contributed by atoms with Crippen LogP contribution in [0.25, 0.3) is 10.8 Å². The zero-order valence-electron chi connectivity index (χ0n) is 17.7. The smallest absolute Gasteiger partial charge is 0.296 e. The van der Waals surface area contributed by atoms with E-state index in [0.717, 1.165) is 16.3 Å². The van der Waals surface area contributed by atoms with E-state index in [9.17, 15) is 14.9 Å². The van der Waals surface area contributed by atoms with Crippen LogP contribution in [-0.4, -0.2) is 33.0 Å². The third-order valence-corrected chi connectivity index (χ3v) is 5.66. The molecule has 0 bridgehead atoms. The van der Waals surface area contributed by atoms with E-state index in [0.29, 0.717) is 5.75 Å². The lowest BCUT2D eigenvalue weighted by atomic mass is 10.0. The molecule has 0 saturated heterocycles. The Kier molecular flexibility index (Phi) is 8.37. The number of nitro benzene ring substituents is 1. The number of carbonyl (C=O) groups excluding carboxylic acids is 1. The van der Waals surface area contributed by atoms with Crippen molar-refractivity contribution in [3.63, 3.8) is 0 Å². The minimum atomic E-state index is -1.98. The van der Waals surface area contributed by atoms with Crippen LogP contribution in [0, 0.1) is 10.1 Å². The molecule has 3 rings (SSSR count). The first kappa shape index (κ1) is 25.8. The number of nitro groups is 1. The number of fused-ring (bicyclic) bond motifs is 1. The van der Waals surface area contributed by atoms with Gasteiger partial charge < -0.3 is 20.7 Å². The van der Waals surface area contributed by atoms with E-state index in [2.05, 4.69) is 16.0 Å². The molecule has 3 aromatic carbocycles. The standard InChI is InChI=1S/C22H19Cl3N4O4S/c1-33-15-9-10-17(18(12-15)29(31)32)26-21(34)28-20(22(23,24)25)27-19(30)11-14-7-4-6-13-5-2-3-8-16(13)14/h2-10,12,20H,11H2,1H3,(H,27,30)(H2,26,28,34)/t20-/m1/s1. The highest BCUT2D eigenvalue weighted by Gasteiger charge is 2.35. The van der Waals surface area contributed by atoms with Crippen molar-refractivity contribution in [3.05, 3.63) is 76.3 Å². The van der Waals surface area contributed by atoms with Crippen LogP contribution in [0.4, 0.5) is 11.4 Å². The molecule has 178 valence electrons. The molecule has 0 radical (unpaired) electrons. The van der Waals surface area contributed by atoms with E-state index in [1.807, 2.05) is 42.5 Å². The molecule has 0 heterocycles. The highest BCUT2D eigenvalue weighted by molar-refractivity contribution is 7.80. The van der Waals surface area contributed by atoms with Crippen LogP contribution in [0.2, 0.25) is 0 Å². The van der Waals surface area contributed by atoms with Crippen molar-refractivity contribution in [1.82, 2.24) is 10.6 Å². The van der Waals surface area contributed by atoms with Crippen LogP contribution in [0.15, 0.2) is 60.7 Å². The summed E-state index contributed by atoms with van der Waals surface area (Å²) in [5.41, 5.74) is 0.621. The highest BCUT2D eigenvalue weighted by atomic mass is 35.6. The fraction of sp³-hybridized carbons (Fsp3) is 0.182. The normalized spacial score (nSPS) is 12.0. The molecule has 0 spiro atoms. The number of anilines is 1. The maximum atomic E-state index is 12.8. The Labute approximate surface area is 215 Å². The number of nitrogens with one attached hydrogen (secondary N) is 3. The number of rotatable bonds is 7. The van der Waals surface area contributed by atoms with Gasteiger partial charge in [-0.1, -0.05) is 77.3 Å². The van der Waals surface area contributed by atoms with Crippen molar-refractivity contribution in [1.29, 1.82) is 0 Å². The number of methoxy groups -OCH3 is 1. The van der Waals surface area contributed by atoms with Crippen molar-refractivity contribution >= 4 is 80.2 Å². The zero-order chi connectivity index (χ0) is 24.9. The Morgan fingerprint density at radius 3 is 2.50 bits per heavy atom. The second-order valence-electron chi connectivity index (χ2n) is 7.10. The molecule has 0 aliphatic carbocycles. The molecule has 3 aromatic rings. The van der Waals surface area contributed by atoms with Crippen molar-refractivity contribution < 1.29 is 14.5 Å².